The number of hydrogen-bond acceptors (Lipinski definition) is 10. The second-order valence-electron chi connectivity index (χ2n) is 15.5. The van der Waals surface area contributed by atoms with Gasteiger partial charge in [-0.3, -0.25) is 29.5 Å². The average molecular weight is 805 g/mol. The van der Waals surface area contributed by atoms with Crippen LogP contribution in [0.4, 0.5) is 10.7 Å². The SMILES string of the molecule is CC(C)C(=O)Nc1nc2c(ncn2CC(=O)N(CCNC(=O)OCC2c3ccccc3-c3ccccc32)CC(=O)N[C@@H](Cc2ccccc2)C(=O)OC(C)(C)C)c(=O)[nH]1. The van der Waals surface area contributed by atoms with E-state index in [0.717, 1.165) is 27.8 Å². The molecular formula is C43H48N8O8. The molecule has 0 spiro atoms. The normalized spacial score (nSPS) is 12.6. The van der Waals surface area contributed by atoms with Gasteiger partial charge in [0.05, 0.1) is 12.9 Å². The van der Waals surface area contributed by atoms with Crippen LogP contribution in [0, 0.1) is 5.92 Å². The molecule has 4 N–H and O–H groups in total. The molecule has 16 nitrogen and oxygen atoms in total. The summed E-state index contributed by atoms with van der Waals surface area (Å²) < 4.78 is 12.6. The third kappa shape index (κ3) is 10.6. The van der Waals surface area contributed by atoms with E-state index in [9.17, 15) is 28.8 Å². The molecule has 0 bridgehead atoms. The van der Waals surface area contributed by atoms with Gasteiger partial charge in [-0.25, -0.2) is 14.6 Å². The van der Waals surface area contributed by atoms with E-state index in [1.54, 1.807) is 34.6 Å². The zero-order chi connectivity index (χ0) is 42.3. The van der Waals surface area contributed by atoms with Crippen molar-refractivity contribution < 1.29 is 33.4 Å². The summed E-state index contributed by atoms with van der Waals surface area (Å²) in [6.45, 7) is 7.46. The maximum atomic E-state index is 14.0. The largest absolute Gasteiger partial charge is 0.458 e. The number of carbonyl (C=O) groups is 5. The van der Waals surface area contributed by atoms with E-state index in [0.29, 0.717) is 0 Å². The van der Waals surface area contributed by atoms with Crippen molar-refractivity contribution in [3.05, 3.63) is 112 Å². The monoisotopic (exact) mass is 804 g/mol. The lowest BCUT2D eigenvalue weighted by Crippen LogP contribution is -2.50. The predicted molar refractivity (Wildman–Crippen MR) is 219 cm³/mol. The van der Waals surface area contributed by atoms with E-state index in [4.69, 9.17) is 9.47 Å². The lowest BCUT2D eigenvalue weighted by Gasteiger charge is -2.26. The number of anilines is 1. The number of esters is 1. The van der Waals surface area contributed by atoms with Crippen molar-refractivity contribution in [2.45, 2.75) is 65.1 Å². The first-order valence-corrected chi connectivity index (χ1v) is 19.4. The molecule has 0 fully saturated rings. The first kappa shape index (κ1) is 41.8. The Bertz CT molecular complexity index is 2360. The van der Waals surface area contributed by atoms with Crippen molar-refractivity contribution in [3.8, 4) is 11.1 Å². The summed E-state index contributed by atoms with van der Waals surface area (Å²) >= 11 is 0. The van der Waals surface area contributed by atoms with Gasteiger partial charge in [-0.1, -0.05) is 92.7 Å². The number of hydrogen-bond donors (Lipinski definition) is 4. The van der Waals surface area contributed by atoms with Gasteiger partial charge in [-0.05, 0) is 48.6 Å². The standard InChI is InChI=1S/C43H48N8O8/c1-26(2)38(54)48-41-47-37-36(39(55)49-41)45-25-51(37)23-35(53)50(22-34(52)46-33(40(56)59-43(3,4)5)21-27-13-7-6-8-14-27)20-19-44-42(57)58-24-32-30-17-11-9-15-28(30)29-16-10-12-18-31(29)32/h6-18,25-26,32-33H,19-24H2,1-5H3,(H,44,57)(H,46,52)(H2,47,48,49,54,55)/t33-/m0/s1. The van der Waals surface area contributed by atoms with Crippen molar-refractivity contribution in [2.75, 3.05) is 31.6 Å². The maximum absolute atomic E-state index is 14.0. The van der Waals surface area contributed by atoms with Crippen LogP contribution in [-0.2, 0) is 41.6 Å². The summed E-state index contributed by atoms with van der Waals surface area (Å²) in [4.78, 5) is 91.3. The first-order valence-electron chi connectivity index (χ1n) is 19.4. The van der Waals surface area contributed by atoms with Gasteiger partial charge in [0.25, 0.3) is 5.56 Å². The summed E-state index contributed by atoms with van der Waals surface area (Å²) in [6.07, 6.45) is 0.678. The molecule has 16 heteroatoms. The average Bonchev–Trinajstić information content (AvgIpc) is 3.74. The van der Waals surface area contributed by atoms with Gasteiger partial charge in [0.2, 0.25) is 23.7 Å². The quantitative estimate of drug-likeness (QED) is 0.111. The van der Waals surface area contributed by atoms with Crippen LogP contribution in [0.1, 0.15) is 57.2 Å². The topological polar surface area (TPSA) is 207 Å². The Morgan fingerprint density at radius 2 is 1.56 bits per heavy atom. The van der Waals surface area contributed by atoms with Crippen molar-refractivity contribution >= 4 is 46.9 Å². The number of nitrogens with one attached hydrogen (secondary N) is 4. The number of benzene rings is 3. The Labute approximate surface area is 340 Å². The molecule has 2 aromatic heterocycles. The number of rotatable bonds is 15. The predicted octanol–water partition coefficient (Wildman–Crippen LogP) is 4.15. The van der Waals surface area contributed by atoms with Gasteiger partial charge in [0.1, 0.15) is 24.8 Å². The van der Waals surface area contributed by atoms with Crippen LogP contribution < -0.4 is 21.5 Å². The molecule has 4 amide bonds. The minimum Gasteiger partial charge on any atom is -0.458 e. The number of alkyl carbamates (subject to hydrolysis) is 1. The highest BCUT2D eigenvalue weighted by molar-refractivity contribution is 5.91. The Hall–Kier alpha value is -6.84. The van der Waals surface area contributed by atoms with Gasteiger partial charge >= 0.3 is 12.1 Å². The number of ether oxygens (including phenoxy) is 2. The Morgan fingerprint density at radius 3 is 2.20 bits per heavy atom. The summed E-state index contributed by atoms with van der Waals surface area (Å²) in [5.41, 5.74) is 3.56. The smallest absolute Gasteiger partial charge is 0.407 e. The van der Waals surface area contributed by atoms with E-state index >= 15 is 0 Å². The fraction of sp³-hybridized carbons (Fsp3) is 0.349. The minimum absolute atomic E-state index is 0.0233. The molecule has 0 saturated heterocycles. The number of amides is 4. The molecule has 0 aliphatic heterocycles. The highest BCUT2D eigenvalue weighted by atomic mass is 16.6. The Balaban J connectivity index is 1.17. The van der Waals surface area contributed by atoms with Gasteiger partial charge in [0.15, 0.2) is 11.2 Å². The molecule has 1 atom stereocenters. The van der Waals surface area contributed by atoms with E-state index < -0.39 is 60.1 Å². The van der Waals surface area contributed by atoms with Crippen LogP contribution in [0.2, 0.25) is 0 Å². The second-order valence-corrected chi connectivity index (χ2v) is 15.5. The first-order chi connectivity index (χ1) is 28.2. The summed E-state index contributed by atoms with van der Waals surface area (Å²) in [6, 6.07) is 24.0. The minimum atomic E-state index is -1.08. The zero-order valence-electron chi connectivity index (χ0n) is 33.6. The van der Waals surface area contributed by atoms with Crippen LogP contribution in [-0.4, -0.2) is 92.1 Å². The van der Waals surface area contributed by atoms with E-state index in [1.807, 2.05) is 78.9 Å². The van der Waals surface area contributed by atoms with Gasteiger partial charge < -0.3 is 29.6 Å². The molecule has 0 saturated carbocycles. The molecule has 0 unspecified atom stereocenters. The van der Waals surface area contributed by atoms with Crippen LogP contribution in [0.3, 0.4) is 0 Å². The van der Waals surface area contributed by atoms with E-state index in [-0.39, 0.29) is 55.1 Å². The fourth-order valence-electron chi connectivity index (χ4n) is 6.70. The van der Waals surface area contributed by atoms with Crippen LogP contribution >= 0.6 is 0 Å². The molecule has 1 aliphatic rings. The molecule has 1 aliphatic carbocycles. The highest BCUT2D eigenvalue weighted by Crippen LogP contribution is 2.44. The molecule has 0 radical (unpaired) electrons. The van der Waals surface area contributed by atoms with Crippen molar-refractivity contribution in [1.29, 1.82) is 0 Å². The summed E-state index contributed by atoms with van der Waals surface area (Å²) in [5, 5.41) is 7.96. The van der Waals surface area contributed by atoms with Crippen LogP contribution in [0.15, 0.2) is 90.0 Å². The number of aromatic nitrogens is 4. The number of carbonyl (C=O) groups excluding carboxylic acids is 5. The zero-order valence-corrected chi connectivity index (χ0v) is 33.6. The summed E-state index contributed by atoms with van der Waals surface area (Å²) in [5.74, 6) is -2.96. The van der Waals surface area contributed by atoms with E-state index in [1.165, 1.54) is 15.8 Å². The molecule has 6 rings (SSSR count). The molecule has 59 heavy (non-hydrogen) atoms. The van der Waals surface area contributed by atoms with Crippen LogP contribution in [0.5, 0.6) is 0 Å². The summed E-state index contributed by atoms with van der Waals surface area (Å²) in [7, 11) is 0. The van der Waals surface area contributed by atoms with Crippen molar-refractivity contribution in [2.24, 2.45) is 5.92 Å². The number of fused-ring (bicyclic) bond motifs is 4. The van der Waals surface area contributed by atoms with Crippen molar-refractivity contribution in [3.63, 3.8) is 0 Å². The number of nitrogens with zero attached hydrogens (tertiary/aromatic N) is 4. The van der Waals surface area contributed by atoms with Crippen molar-refractivity contribution in [1.82, 2.24) is 35.1 Å². The van der Waals surface area contributed by atoms with Gasteiger partial charge in [0, 0.05) is 31.3 Å². The molecule has 2 heterocycles. The molecule has 3 aromatic carbocycles. The van der Waals surface area contributed by atoms with Gasteiger partial charge in [-0.15, -0.1) is 0 Å². The van der Waals surface area contributed by atoms with E-state index in [2.05, 4.69) is 30.9 Å². The fourth-order valence-corrected chi connectivity index (χ4v) is 6.70. The third-order valence-electron chi connectivity index (χ3n) is 9.54. The highest BCUT2D eigenvalue weighted by Gasteiger charge is 2.30. The number of H-pyrrole nitrogens is 1. The molecule has 308 valence electrons. The Morgan fingerprint density at radius 1 is 0.915 bits per heavy atom. The third-order valence-corrected chi connectivity index (χ3v) is 9.54. The lowest BCUT2D eigenvalue weighted by molar-refractivity contribution is -0.158. The van der Waals surface area contributed by atoms with Gasteiger partial charge in [-0.2, -0.15) is 4.98 Å². The van der Waals surface area contributed by atoms with Crippen LogP contribution in [0.25, 0.3) is 22.3 Å². The molecule has 5 aromatic rings. The number of imidazole rings is 1. The number of aromatic amines is 1. The maximum Gasteiger partial charge on any atom is 0.407 e. The molecular weight excluding hydrogens is 757 g/mol. The lowest BCUT2D eigenvalue weighted by atomic mass is 9.98. The second kappa shape index (κ2) is 18.2. The Kier molecular flexibility index (Phi) is 12.9.